The highest BCUT2D eigenvalue weighted by Crippen LogP contribution is 2.20. The highest BCUT2D eigenvalue weighted by molar-refractivity contribution is 6.30. The topological polar surface area (TPSA) is 57.6 Å². The number of halogens is 1. The third kappa shape index (κ3) is 4.37. The average Bonchev–Trinajstić information content (AvgIpc) is 2.32. The molecule has 0 aliphatic rings. The number of unbranched alkanes of at least 4 members (excludes halogenated alkanes) is 1. The van der Waals surface area contributed by atoms with E-state index in [1.54, 1.807) is 24.3 Å². The van der Waals surface area contributed by atoms with Crippen molar-refractivity contribution in [3.05, 3.63) is 29.3 Å². The fourth-order valence-electron chi connectivity index (χ4n) is 1.57. The predicted octanol–water partition coefficient (Wildman–Crippen LogP) is 2.95. The molecule has 0 saturated heterocycles. The van der Waals surface area contributed by atoms with Crippen molar-refractivity contribution in [2.75, 3.05) is 11.4 Å². The van der Waals surface area contributed by atoms with Gasteiger partial charge in [-0.3, -0.25) is 9.59 Å². The molecule has 0 fully saturated rings. The Bertz CT molecular complexity index is 434. The molecule has 1 amide bonds. The Morgan fingerprint density at radius 1 is 1.39 bits per heavy atom. The summed E-state index contributed by atoms with van der Waals surface area (Å²) >= 11 is 5.85. The number of carboxylic acid groups (broad SMARTS) is 1. The first-order chi connectivity index (χ1) is 8.54. The normalized spacial score (nSPS) is 10.1. The monoisotopic (exact) mass is 269 g/mol. The van der Waals surface area contributed by atoms with Gasteiger partial charge in [0.05, 0.1) is 0 Å². The first kappa shape index (κ1) is 14.5. The van der Waals surface area contributed by atoms with Gasteiger partial charge in [0, 0.05) is 17.1 Å². The van der Waals surface area contributed by atoms with Crippen LogP contribution in [0.1, 0.15) is 26.2 Å². The van der Waals surface area contributed by atoms with Crippen LogP contribution in [0, 0.1) is 0 Å². The molecule has 0 atom stereocenters. The van der Waals surface area contributed by atoms with Crippen LogP contribution in [0.5, 0.6) is 0 Å². The van der Waals surface area contributed by atoms with E-state index in [0.29, 0.717) is 17.1 Å². The van der Waals surface area contributed by atoms with Crippen LogP contribution in [0.2, 0.25) is 5.02 Å². The lowest BCUT2D eigenvalue weighted by Crippen LogP contribution is -2.35. The Kier molecular flexibility index (Phi) is 5.65. The Morgan fingerprint density at radius 3 is 2.67 bits per heavy atom. The summed E-state index contributed by atoms with van der Waals surface area (Å²) in [5.41, 5.74) is 0.519. The minimum Gasteiger partial charge on any atom is -0.480 e. The average molecular weight is 270 g/mol. The number of carboxylic acids is 1. The van der Waals surface area contributed by atoms with Crippen LogP contribution in [-0.4, -0.2) is 23.5 Å². The van der Waals surface area contributed by atoms with Crippen LogP contribution in [-0.2, 0) is 9.59 Å². The van der Waals surface area contributed by atoms with Crippen molar-refractivity contribution in [1.82, 2.24) is 0 Å². The number of aliphatic carboxylic acids is 1. The van der Waals surface area contributed by atoms with Gasteiger partial charge in [0.1, 0.15) is 6.54 Å². The first-order valence-corrected chi connectivity index (χ1v) is 6.20. The Hall–Kier alpha value is -1.55. The number of carbonyl (C=O) groups is 2. The maximum atomic E-state index is 12.0. The number of amides is 1. The van der Waals surface area contributed by atoms with Gasteiger partial charge in [-0.05, 0) is 24.6 Å². The van der Waals surface area contributed by atoms with Gasteiger partial charge < -0.3 is 10.0 Å². The van der Waals surface area contributed by atoms with Crippen molar-refractivity contribution >= 4 is 29.2 Å². The van der Waals surface area contributed by atoms with Gasteiger partial charge in [-0.15, -0.1) is 0 Å². The molecule has 4 nitrogen and oxygen atoms in total. The number of rotatable bonds is 6. The predicted molar refractivity (Wildman–Crippen MR) is 71.0 cm³/mol. The number of anilines is 1. The van der Waals surface area contributed by atoms with E-state index >= 15 is 0 Å². The van der Waals surface area contributed by atoms with E-state index in [2.05, 4.69) is 0 Å². The molecule has 0 aliphatic carbocycles. The number of benzene rings is 1. The molecule has 98 valence electrons. The van der Waals surface area contributed by atoms with E-state index in [0.717, 1.165) is 12.8 Å². The van der Waals surface area contributed by atoms with Gasteiger partial charge in [-0.2, -0.15) is 0 Å². The number of nitrogens with zero attached hydrogens (tertiary/aromatic N) is 1. The highest BCUT2D eigenvalue weighted by atomic mass is 35.5. The van der Waals surface area contributed by atoms with E-state index < -0.39 is 5.97 Å². The van der Waals surface area contributed by atoms with E-state index in [9.17, 15) is 9.59 Å². The molecule has 1 N–H and O–H groups in total. The summed E-state index contributed by atoms with van der Waals surface area (Å²) in [5, 5.41) is 9.34. The molecule has 1 aromatic carbocycles. The largest absolute Gasteiger partial charge is 0.480 e. The molecule has 1 aromatic rings. The third-order valence-electron chi connectivity index (χ3n) is 2.46. The molecule has 0 bridgehead atoms. The summed E-state index contributed by atoms with van der Waals surface area (Å²) in [7, 11) is 0. The van der Waals surface area contributed by atoms with E-state index in [4.69, 9.17) is 16.7 Å². The minimum absolute atomic E-state index is 0.193. The van der Waals surface area contributed by atoms with Gasteiger partial charge in [-0.1, -0.05) is 31.0 Å². The second-order valence-corrected chi connectivity index (χ2v) is 4.39. The van der Waals surface area contributed by atoms with E-state index in [1.165, 1.54) is 4.90 Å². The second-order valence-electron chi connectivity index (χ2n) is 3.96. The summed E-state index contributed by atoms with van der Waals surface area (Å²) < 4.78 is 0. The van der Waals surface area contributed by atoms with Crippen LogP contribution in [0.15, 0.2) is 24.3 Å². The molecule has 18 heavy (non-hydrogen) atoms. The van der Waals surface area contributed by atoms with Gasteiger partial charge in [0.25, 0.3) is 0 Å². The smallest absolute Gasteiger partial charge is 0.323 e. The van der Waals surface area contributed by atoms with Gasteiger partial charge in [0.15, 0.2) is 0 Å². The zero-order valence-corrected chi connectivity index (χ0v) is 11.0. The summed E-state index contributed by atoms with van der Waals surface area (Å²) in [6, 6.07) is 6.65. The lowest BCUT2D eigenvalue weighted by atomic mass is 10.2. The summed E-state index contributed by atoms with van der Waals surface area (Å²) in [4.78, 5) is 24.0. The Morgan fingerprint density at radius 2 is 2.11 bits per heavy atom. The second kappa shape index (κ2) is 7.01. The summed E-state index contributed by atoms with van der Waals surface area (Å²) in [6.45, 7) is 1.64. The zero-order valence-electron chi connectivity index (χ0n) is 10.2. The fraction of sp³-hybridized carbons (Fsp3) is 0.385. The number of hydrogen-bond donors (Lipinski definition) is 1. The molecule has 1 rings (SSSR count). The highest BCUT2D eigenvalue weighted by Gasteiger charge is 2.18. The molecule has 0 heterocycles. The van der Waals surface area contributed by atoms with Crippen LogP contribution >= 0.6 is 11.6 Å². The minimum atomic E-state index is -1.04. The van der Waals surface area contributed by atoms with Gasteiger partial charge in [0.2, 0.25) is 5.91 Å². The Balaban J connectivity index is 2.90. The fourth-order valence-corrected chi connectivity index (χ4v) is 1.75. The lowest BCUT2D eigenvalue weighted by molar-refractivity contribution is -0.136. The SMILES string of the molecule is CCCCC(=O)N(CC(=O)O)c1cccc(Cl)c1. The molecule has 0 aromatic heterocycles. The van der Waals surface area contributed by atoms with Gasteiger partial charge in [-0.25, -0.2) is 0 Å². The summed E-state index contributed by atoms with van der Waals surface area (Å²) in [5.74, 6) is -1.23. The maximum absolute atomic E-state index is 12.0. The van der Waals surface area contributed by atoms with Crippen LogP contribution in [0.25, 0.3) is 0 Å². The molecule has 5 heteroatoms. The number of hydrogen-bond acceptors (Lipinski definition) is 2. The van der Waals surface area contributed by atoms with Crippen LogP contribution < -0.4 is 4.90 Å². The maximum Gasteiger partial charge on any atom is 0.323 e. The van der Waals surface area contributed by atoms with Crippen molar-refractivity contribution in [2.24, 2.45) is 0 Å². The van der Waals surface area contributed by atoms with Crippen molar-refractivity contribution in [1.29, 1.82) is 0 Å². The zero-order chi connectivity index (χ0) is 13.5. The summed E-state index contributed by atoms with van der Waals surface area (Å²) in [6.07, 6.45) is 1.98. The molecule has 0 aliphatic heterocycles. The lowest BCUT2D eigenvalue weighted by Gasteiger charge is -2.21. The van der Waals surface area contributed by atoms with E-state index in [-0.39, 0.29) is 12.5 Å². The molecular weight excluding hydrogens is 254 g/mol. The molecular formula is C13H16ClNO3. The molecule has 0 radical (unpaired) electrons. The standard InChI is InChI=1S/C13H16ClNO3/c1-2-3-7-12(16)15(9-13(17)18)11-6-4-5-10(14)8-11/h4-6,8H,2-3,7,9H2,1H3,(H,17,18). The number of carbonyl (C=O) groups excluding carboxylic acids is 1. The van der Waals surface area contributed by atoms with Crippen LogP contribution in [0.4, 0.5) is 5.69 Å². The molecule has 0 unspecified atom stereocenters. The van der Waals surface area contributed by atoms with Crippen molar-refractivity contribution in [2.45, 2.75) is 26.2 Å². The quantitative estimate of drug-likeness (QED) is 0.864. The first-order valence-electron chi connectivity index (χ1n) is 5.82. The van der Waals surface area contributed by atoms with Crippen molar-refractivity contribution in [3.8, 4) is 0 Å². The third-order valence-corrected chi connectivity index (χ3v) is 2.69. The van der Waals surface area contributed by atoms with E-state index in [1.807, 2.05) is 6.92 Å². The Labute approximate surface area is 111 Å². The van der Waals surface area contributed by atoms with Gasteiger partial charge >= 0.3 is 5.97 Å². The molecule has 0 saturated carbocycles. The van der Waals surface area contributed by atoms with Crippen molar-refractivity contribution in [3.63, 3.8) is 0 Å². The molecule has 0 spiro atoms. The van der Waals surface area contributed by atoms with Crippen LogP contribution in [0.3, 0.4) is 0 Å². The van der Waals surface area contributed by atoms with Crippen molar-refractivity contribution < 1.29 is 14.7 Å².